The van der Waals surface area contributed by atoms with Gasteiger partial charge in [0.25, 0.3) is 5.91 Å². The van der Waals surface area contributed by atoms with E-state index in [1.807, 2.05) is 53.4 Å². The Balaban J connectivity index is 1.54. The second-order valence-corrected chi connectivity index (χ2v) is 8.18. The number of rotatable bonds is 4. The van der Waals surface area contributed by atoms with Crippen LogP contribution in [0, 0.1) is 0 Å². The topological polar surface area (TPSA) is 80.2 Å². The summed E-state index contributed by atoms with van der Waals surface area (Å²) in [6.45, 7) is 4.40. The first-order chi connectivity index (χ1) is 16.1. The SMILES string of the molecule is COc1ccc(-c2ccc3ncnc(-c4cccc(C(=O)N5CCNCC5C)c4)c3c2)cn1. The maximum absolute atomic E-state index is 13.2. The third kappa shape index (κ3) is 4.15. The molecule has 1 amide bonds. The van der Waals surface area contributed by atoms with Crippen LogP contribution in [-0.2, 0) is 0 Å². The molecular formula is C26H25N5O2. The zero-order valence-electron chi connectivity index (χ0n) is 18.7. The Morgan fingerprint density at radius 1 is 1.03 bits per heavy atom. The molecule has 0 bridgehead atoms. The van der Waals surface area contributed by atoms with Crippen LogP contribution in [0.2, 0.25) is 0 Å². The van der Waals surface area contributed by atoms with E-state index >= 15 is 0 Å². The second kappa shape index (κ2) is 8.96. The van der Waals surface area contributed by atoms with Crippen molar-refractivity contribution >= 4 is 16.8 Å². The van der Waals surface area contributed by atoms with Crippen LogP contribution < -0.4 is 10.1 Å². The lowest BCUT2D eigenvalue weighted by Gasteiger charge is -2.34. The molecule has 4 aromatic rings. The van der Waals surface area contributed by atoms with Gasteiger partial charge in [-0.25, -0.2) is 15.0 Å². The van der Waals surface area contributed by atoms with E-state index in [1.54, 1.807) is 19.6 Å². The van der Waals surface area contributed by atoms with E-state index in [0.29, 0.717) is 18.0 Å². The fraction of sp³-hybridized carbons (Fsp3) is 0.231. The van der Waals surface area contributed by atoms with Gasteiger partial charge in [-0.05, 0) is 42.8 Å². The minimum absolute atomic E-state index is 0.0502. The standard InChI is InChI=1S/C26H25N5O2/c1-17-14-27-10-11-31(17)26(32)20-5-3-4-19(12-20)25-22-13-18(6-8-23(22)29-16-30-25)21-7-9-24(33-2)28-15-21/h3-9,12-13,15-17,27H,10-11,14H2,1-2H3. The highest BCUT2D eigenvalue weighted by atomic mass is 16.5. The number of hydrogen-bond acceptors (Lipinski definition) is 6. The molecule has 1 saturated heterocycles. The van der Waals surface area contributed by atoms with Crippen molar-refractivity contribution in [3.05, 3.63) is 72.7 Å². The van der Waals surface area contributed by atoms with Gasteiger partial charge in [0.15, 0.2) is 0 Å². The van der Waals surface area contributed by atoms with Gasteiger partial charge >= 0.3 is 0 Å². The maximum atomic E-state index is 13.2. The van der Waals surface area contributed by atoms with Gasteiger partial charge in [0.1, 0.15) is 6.33 Å². The van der Waals surface area contributed by atoms with Crippen molar-refractivity contribution in [1.82, 2.24) is 25.2 Å². The summed E-state index contributed by atoms with van der Waals surface area (Å²) < 4.78 is 5.17. The smallest absolute Gasteiger partial charge is 0.254 e. The molecular weight excluding hydrogens is 414 g/mol. The summed E-state index contributed by atoms with van der Waals surface area (Å²) in [5.74, 6) is 0.623. The van der Waals surface area contributed by atoms with Gasteiger partial charge < -0.3 is 15.0 Å². The number of methoxy groups -OCH3 is 1. The molecule has 1 fully saturated rings. The predicted octanol–water partition coefficient (Wildman–Crippen LogP) is 3.80. The van der Waals surface area contributed by atoms with Crippen LogP contribution in [0.5, 0.6) is 5.88 Å². The predicted molar refractivity (Wildman–Crippen MR) is 128 cm³/mol. The molecule has 7 heteroatoms. The number of aromatic nitrogens is 3. The number of nitrogens with zero attached hydrogens (tertiary/aromatic N) is 4. The monoisotopic (exact) mass is 439 g/mol. The van der Waals surface area contributed by atoms with Crippen LogP contribution in [0.15, 0.2) is 67.1 Å². The van der Waals surface area contributed by atoms with Crippen molar-refractivity contribution in [1.29, 1.82) is 0 Å². The molecule has 3 heterocycles. The molecule has 1 unspecified atom stereocenters. The highest BCUT2D eigenvalue weighted by Gasteiger charge is 2.24. The first kappa shape index (κ1) is 21.0. The largest absolute Gasteiger partial charge is 0.481 e. The number of fused-ring (bicyclic) bond motifs is 1. The van der Waals surface area contributed by atoms with Gasteiger partial charge in [-0.15, -0.1) is 0 Å². The summed E-state index contributed by atoms with van der Waals surface area (Å²) >= 11 is 0. The molecule has 33 heavy (non-hydrogen) atoms. The highest BCUT2D eigenvalue weighted by molar-refractivity contribution is 5.98. The number of nitrogens with one attached hydrogen (secondary N) is 1. The van der Waals surface area contributed by atoms with Crippen molar-refractivity contribution in [2.45, 2.75) is 13.0 Å². The van der Waals surface area contributed by atoms with Gasteiger partial charge in [-0.2, -0.15) is 0 Å². The number of pyridine rings is 1. The number of amides is 1. The average molecular weight is 440 g/mol. The summed E-state index contributed by atoms with van der Waals surface area (Å²) in [5.41, 5.74) is 5.19. The Hall–Kier alpha value is -3.84. The number of piperazine rings is 1. The zero-order valence-corrected chi connectivity index (χ0v) is 18.7. The Morgan fingerprint density at radius 2 is 1.91 bits per heavy atom. The van der Waals surface area contributed by atoms with Gasteiger partial charge in [-0.1, -0.05) is 18.2 Å². The normalized spacial score (nSPS) is 16.1. The molecule has 0 saturated carbocycles. The molecule has 2 aromatic carbocycles. The van der Waals surface area contributed by atoms with E-state index in [9.17, 15) is 4.79 Å². The third-order valence-electron chi connectivity index (χ3n) is 6.06. The summed E-state index contributed by atoms with van der Waals surface area (Å²) in [6, 6.07) is 17.8. The minimum atomic E-state index is 0.0502. The van der Waals surface area contributed by atoms with E-state index in [0.717, 1.165) is 46.4 Å². The fourth-order valence-corrected chi connectivity index (χ4v) is 4.25. The molecule has 166 valence electrons. The van der Waals surface area contributed by atoms with E-state index in [-0.39, 0.29) is 11.9 Å². The van der Waals surface area contributed by atoms with Gasteiger partial charge in [0.05, 0.1) is 18.3 Å². The van der Waals surface area contributed by atoms with E-state index in [4.69, 9.17) is 4.74 Å². The average Bonchev–Trinajstić information content (AvgIpc) is 2.88. The molecule has 1 aliphatic heterocycles. The number of ether oxygens (including phenoxy) is 1. The van der Waals surface area contributed by atoms with Crippen LogP contribution in [0.1, 0.15) is 17.3 Å². The second-order valence-electron chi connectivity index (χ2n) is 8.18. The van der Waals surface area contributed by atoms with E-state index in [2.05, 4.69) is 33.3 Å². The van der Waals surface area contributed by atoms with Gasteiger partial charge in [0.2, 0.25) is 5.88 Å². The number of carbonyl (C=O) groups excluding carboxylic acids is 1. The molecule has 7 nitrogen and oxygen atoms in total. The quantitative estimate of drug-likeness (QED) is 0.521. The van der Waals surface area contributed by atoms with Crippen LogP contribution >= 0.6 is 0 Å². The Kier molecular flexibility index (Phi) is 5.71. The number of hydrogen-bond donors (Lipinski definition) is 1. The summed E-state index contributed by atoms with van der Waals surface area (Å²) in [7, 11) is 1.60. The molecule has 1 atom stereocenters. The molecule has 0 aliphatic carbocycles. The maximum Gasteiger partial charge on any atom is 0.254 e. The Bertz CT molecular complexity index is 1310. The number of carbonyl (C=O) groups is 1. The molecule has 0 spiro atoms. The van der Waals surface area contributed by atoms with Crippen molar-refractivity contribution in [2.75, 3.05) is 26.7 Å². The summed E-state index contributed by atoms with van der Waals surface area (Å²) in [4.78, 5) is 28.5. The van der Waals surface area contributed by atoms with E-state index < -0.39 is 0 Å². The van der Waals surface area contributed by atoms with Crippen LogP contribution in [0.4, 0.5) is 0 Å². The molecule has 1 N–H and O–H groups in total. The lowest BCUT2D eigenvalue weighted by atomic mass is 10.00. The van der Waals surface area contributed by atoms with Crippen molar-refractivity contribution in [3.8, 4) is 28.3 Å². The Morgan fingerprint density at radius 3 is 2.70 bits per heavy atom. The Labute approximate surface area is 192 Å². The summed E-state index contributed by atoms with van der Waals surface area (Å²) in [5, 5.41) is 4.25. The highest BCUT2D eigenvalue weighted by Crippen LogP contribution is 2.30. The lowest BCUT2D eigenvalue weighted by molar-refractivity contribution is 0.0656. The molecule has 5 rings (SSSR count). The molecule has 2 aromatic heterocycles. The van der Waals surface area contributed by atoms with Crippen molar-refractivity contribution < 1.29 is 9.53 Å². The van der Waals surface area contributed by atoms with Crippen LogP contribution in [-0.4, -0.2) is 58.5 Å². The summed E-state index contributed by atoms with van der Waals surface area (Å²) in [6.07, 6.45) is 3.36. The first-order valence-electron chi connectivity index (χ1n) is 11.0. The molecule has 0 radical (unpaired) electrons. The van der Waals surface area contributed by atoms with Crippen LogP contribution in [0.25, 0.3) is 33.3 Å². The fourth-order valence-electron chi connectivity index (χ4n) is 4.25. The van der Waals surface area contributed by atoms with Gasteiger partial charge in [-0.3, -0.25) is 4.79 Å². The van der Waals surface area contributed by atoms with E-state index in [1.165, 1.54) is 0 Å². The first-order valence-corrected chi connectivity index (χ1v) is 11.0. The third-order valence-corrected chi connectivity index (χ3v) is 6.06. The zero-order chi connectivity index (χ0) is 22.8. The van der Waals surface area contributed by atoms with Gasteiger partial charge in [0, 0.05) is 60.0 Å². The van der Waals surface area contributed by atoms with Crippen molar-refractivity contribution in [2.24, 2.45) is 0 Å². The van der Waals surface area contributed by atoms with Crippen molar-refractivity contribution in [3.63, 3.8) is 0 Å². The minimum Gasteiger partial charge on any atom is -0.481 e. The lowest BCUT2D eigenvalue weighted by Crippen LogP contribution is -2.52. The van der Waals surface area contributed by atoms with Crippen LogP contribution in [0.3, 0.4) is 0 Å². The number of benzene rings is 2. The molecule has 1 aliphatic rings.